The van der Waals surface area contributed by atoms with E-state index in [0.717, 1.165) is 16.8 Å². The number of H-pyrrole nitrogens is 1. The number of nitriles is 1. The molecular formula is C33H31ClN6O4. The van der Waals surface area contributed by atoms with Gasteiger partial charge in [0, 0.05) is 30.4 Å². The maximum absolute atomic E-state index is 13.6. The van der Waals surface area contributed by atoms with Crippen molar-refractivity contribution in [3.8, 4) is 11.8 Å². The first-order chi connectivity index (χ1) is 21.2. The van der Waals surface area contributed by atoms with Crippen LogP contribution in [0.25, 0.3) is 0 Å². The molecule has 10 nitrogen and oxygen atoms in total. The maximum Gasteiger partial charge on any atom is 0.255 e. The Morgan fingerprint density at radius 3 is 2.45 bits per heavy atom. The number of rotatable bonds is 10. The largest absolute Gasteiger partial charge is 0.492 e. The summed E-state index contributed by atoms with van der Waals surface area (Å²) in [5.41, 5.74) is 9.59. The van der Waals surface area contributed by atoms with Crippen LogP contribution in [0.4, 0.5) is 0 Å². The van der Waals surface area contributed by atoms with Crippen LogP contribution in [0.1, 0.15) is 63.7 Å². The Morgan fingerprint density at radius 2 is 1.82 bits per heavy atom. The number of nitrogens with two attached hydrogens (primary N) is 1. The molecule has 1 aliphatic heterocycles. The summed E-state index contributed by atoms with van der Waals surface area (Å²) in [4.78, 5) is 48.4. The summed E-state index contributed by atoms with van der Waals surface area (Å²) in [6, 6.07) is 19.7. The lowest BCUT2D eigenvalue weighted by atomic mass is 9.92. The van der Waals surface area contributed by atoms with Gasteiger partial charge in [-0.15, -0.1) is 0 Å². The molecule has 5 rings (SSSR count). The van der Waals surface area contributed by atoms with Gasteiger partial charge < -0.3 is 25.7 Å². The number of para-hydroxylation sites is 1. The van der Waals surface area contributed by atoms with Crippen molar-refractivity contribution in [3.05, 3.63) is 118 Å². The molecular weight excluding hydrogens is 580 g/mol. The Morgan fingerprint density at radius 1 is 1.11 bits per heavy atom. The van der Waals surface area contributed by atoms with E-state index in [-0.39, 0.29) is 24.5 Å². The molecule has 4 aromatic rings. The molecule has 3 aromatic carbocycles. The SMILES string of the molecule is CC(=O)N([C@@H](Cc1ccc(C#N)cc1)c1cnc[nH]1)[C@H]1CCOc2c(C(=O)NC(Cc3ccc(Cl)cc3)C(N)=O)cccc21. The quantitative estimate of drug-likeness (QED) is 0.241. The Hall–Kier alpha value is -5.14. The number of imidazole rings is 1. The Bertz CT molecular complexity index is 1680. The van der Waals surface area contributed by atoms with Crippen molar-refractivity contribution >= 4 is 29.3 Å². The van der Waals surface area contributed by atoms with E-state index in [1.54, 1.807) is 66.0 Å². The number of fused-ring (bicyclic) bond motifs is 1. The predicted molar refractivity (Wildman–Crippen MR) is 164 cm³/mol. The topological polar surface area (TPSA) is 154 Å². The standard InChI is InChI=1S/C33H31ClN6O4/c1-20(41)40(30(28-18-37-19-38-28)16-22-5-7-23(17-35)8-6-22)29-13-14-44-31-25(29)3-2-4-26(31)33(43)39-27(32(36)42)15-21-9-11-24(34)12-10-21/h2-12,18-19,27,29-30H,13-16H2,1H3,(H2,36,42)(H,37,38)(H,39,43)/t27?,29-,30-/m0/s1. The molecule has 224 valence electrons. The molecule has 0 radical (unpaired) electrons. The molecule has 44 heavy (non-hydrogen) atoms. The van der Waals surface area contributed by atoms with Crippen molar-refractivity contribution in [2.24, 2.45) is 5.73 Å². The summed E-state index contributed by atoms with van der Waals surface area (Å²) in [5.74, 6) is -1.01. The van der Waals surface area contributed by atoms with E-state index in [9.17, 15) is 19.6 Å². The molecule has 0 saturated carbocycles. The van der Waals surface area contributed by atoms with Gasteiger partial charge in [0.2, 0.25) is 11.8 Å². The number of nitrogens with one attached hydrogen (secondary N) is 2. The number of carbonyl (C=O) groups is 3. The van der Waals surface area contributed by atoms with Crippen LogP contribution in [0, 0.1) is 11.3 Å². The predicted octanol–water partition coefficient (Wildman–Crippen LogP) is 4.42. The number of aromatic nitrogens is 2. The van der Waals surface area contributed by atoms with Crippen molar-refractivity contribution in [3.63, 3.8) is 0 Å². The highest BCUT2D eigenvalue weighted by Crippen LogP contribution is 2.42. The third-order valence-corrected chi connectivity index (χ3v) is 7.97. The number of amides is 3. The molecule has 3 atom stereocenters. The molecule has 0 aliphatic carbocycles. The van der Waals surface area contributed by atoms with Crippen LogP contribution in [0.3, 0.4) is 0 Å². The molecule has 4 N–H and O–H groups in total. The molecule has 1 aliphatic rings. The van der Waals surface area contributed by atoms with E-state index < -0.39 is 29.9 Å². The van der Waals surface area contributed by atoms with Crippen molar-refractivity contribution in [1.29, 1.82) is 5.26 Å². The third kappa shape index (κ3) is 6.74. The number of halogens is 1. The Balaban J connectivity index is 1.45. The first-order valence-electron chi connectivity index (χ1n) is 14.1. The second kappa shape index (κ2) is 13.4. The van der Waals surface area contributed by atoms with Crippen molar-refractivity contribution in [2.45, 2.75) is 44.3 Å². The minimum atomic E-state index is -0.968. The van der Waals surface area contributed by atoms with Crippen molar-refractivity contribution in [2.75, 3.05) is 6.61 Å². The Labute approximate surface area is 259 Å². The van der Waals surface area contributed by atoms with Crippen molar-refractivity contribution < 1.29 is 19.1 Å². The number of primary amides is 1. The molecule has 0 bridgehead atoms. The van der Waals surface area contributed by atoms with Gasteiger partial charge in [-0.2, -0.15) is 5.26 Å². The molecule has 3 amide bonds. The number of nitrogens with zero attached hydrogens (tertiary/aromatic N) is 3. The van der Waals surface area contributed by atoms with Gasteiger partial charge >= 0.3 is 0 Å². The zero-order chi connectivity index (χ0) is 31.2. The van der Waals surface area contributed by atoms with Crippen LogP contribution in [0.2, 0.25) is 5.02 Å². The van der Waals surface area contributed by atoms with Gasteiger partial charge in [0.25, 0.3) is 5.91 Å². The average molecular weight is 611 g/mol. The molecule has 0 spiro atoms. The summed E-state index contributed by atoms with van der Waals surface area (Å²) in [5, 5.41) is 12.5. The van der Waals surface area contributed by atoms with Crippen molar-refractivity contribution in [1.82, 2.24) is 20.2 Å². The lowest BCUT2D eigenvalue weighted by Gasteiger charge is -2.40. The van der Waals surface area contributed by atoms with Gasteiger partial charge in [-0.1, -0.05) is 48.0 Å². The normalized spacial score (nSPS) is 15.2. The molecule has 1 aromatic heterocycles. The van der Waals surface area contributed by atoms with Crippen LogP contribution in [0.5, 0.6) is 5.75 Å². The summed E-state index contributed by atoms with van der Waals surface area (Å²) in [7, 11) is 0. The first-order valence-corrected chi connectivity index (χ1v) is 14.5. The third-order valence-electron chi connectivity index (χ3n) is 7.71. The second-order valence-corrected chi connectivity index (χ2v) is 11.0. The van der Waals surface area contributed by atoms with Crippen LogP contribution < -0.4 is 15.8 Å². The number of aromatic amines is 1. The smallest absolute Gasteiger partial charge is 0.255 e. The lowest BCUT2D eigenvalue weighted by molar-refractivity contribution is -0.135. The summed E-state index contributed by atoms with van der Waals surface area (Å²) < 4.78 is 6.04. The van der Waals surface area contributed by atoms with Gasteiger partial charge in [-0.3, -0.25) is 14.4 Å². The van der Waals surface area contributed by atoms with Crippen LogP contribution >= 0.6 is 11.6 Å². The molecule has 11 heteroatoms. The highest BCUT2D eigenvalue weighted by molar-refractivity contribution is 6.30. The fourth-order valence-electron chi connectivity index (χ4n) is 5.59. The second-order valence-electron chi connectivity index (χ2n) is 10.6. The van der Waals surface area contributed by atoms with E-state index in [1.807, 2.05) is 18.2 Å². The van der Waals surface area contributed by atoms with Crippen LogP contribution in [-0.2, 0) is 22.4 Å². The van der Waals surface area contributed by atoms with E-state index in [1.165, 1.54) is 6.92 Å². The van der Waals surface area contributed by atoms with Gasteiger partial charge in [-0.05, 0) is 47.9 Å². The molecule has 0 fully saturated rings. The molecule has 0 saturated heterocycles. The molecule has 1 unspecified atom stereocenters. The monoisotopic (exact) mass is 610 g/mol. The van der Waals surface area contributed by atoms with Gasteiger partial charge in [0.15, 0.2) is 0 Å². The number of hydrogen-bond acceptors (Lipinski definition) is 6. The highest BCUT2D eigenvalue weighted by atomic mass is 35.5. The zero-order valence-electron chi connectivity index (χ0n) is 24.0. The number of hydrogen-bond donors (Lipinski definition) is 3. The van der Waals surface area contributed by atoms with E-state index >= 15 is 0 Å². The zero-order valence-corrected chi connectivity index (χ0v) is 24.8. The maximum atomic E-state index is 13.6. The van der Waals surface area contributed by atoms with E-state index in [4.69, 9.17) is 22.1 Å². The van der Waals surface area contributed by atoms with Crippen LogP contribution in [-0.4, -0.2) is 45.2 Å². The average Bonchev–Trinajstić information content (AvgIpc) is 3.56. The minimum absolute atomic E-state index is 0.164. The lowest BCUT2D eigenvalue weighted by Crippen LogP contribution is -2.46. The van der Waals surface area contributed by atoms with E-state index in [0.29, 0.717) is 34.7 Å². The number of carbonyl (C=O) groups excluding carboxylic acids is 3. The highest BCUT2D eigenvalue weighted by Gasteiger charge is 2.37. The van der Waals surface area contributed by atoms with Crippen LogP contribution in [0.15, 0.2) is 79.3 Å². The Kier molecular flexibility index (Phi) is 9.26. The van der Waals surface area contributed by atoms with Gasteiger partial charge in [0.1, 0.15) is 11.8 Å². The summed E-state index contributed by atoms with van der Waals surface area (Å²) in [6.07, 6.45) is 4.41. The summed E-state index contributed by atoms with van der Waals surface area (Å²) in [6.45, 7) is 1.78. The van der Waals surface area contributed by atoms with Gasteiger partial charge in [0.05, 0.1) is 54.1 Å². The fourth-order valence-corrected chi connectivity index (χ4v) is 5.72. The minimum Gasteiger partial charge on any atom is -0.492 e. The molecule has 2 heterocycles. The first kappa shape index (κ1) is 30.3. The summed E-state index contributed by atoms with van der Waals surface area (Å²) >= 11 is 5.98. The van der Waals surface area contributed by atoms with Gasteiger partial charge in [-0.25, -0.2) is 4.98 Å². The number of ether oxygens (including phenoxy) is 1. The number of benzene rings is 3. The fraction of sp³-hybridized carbons (Fsp3) is 0.242. The van der Waals surface area contributed by atoms with E-state index in [2.05, 4.69) is 21.4 Å².